The van der Waals surface area contributed by atoms with Crippen LogP contribution in [0.25, 0.3) is 0 Å². The van der Waals surface area contributed by atoms with Crippen molar-refractivity contribution in [2.45, 2.75) is 44.7 Å². The van der Waals surface area contributed by atoms with Crippen LogP contribution in [0.1, 0.15) is 44.2 Å². The highest BCUT2D eigenvalue weighted by Gasteiger charge is 2.28. The maximum Gasteiger partial charge on any atom is 0.317 e. The fourth-order valence-electron chi connectivity index (χ4n) is 2.93. The highest BCUT2D eigenvalue weighted by Crippen LogP contribution is 2.31. The molecule has 2 rings (SSSR count). The Bertz CT molecular complexity index is 444. The zero-order valence-electron chi connectivity index (χ0n) is 11.2. The molecule has 1 atom stereocenters. The van der Waals surface area contributed by atoms with Gasteiger partial charge in [-0.3, -0.25) is 9.69 Å². The minimum Gasteiger partial charge on any atom is -0.480 e. The summed E-state index contributed by atoms with van der Waals surface area (Å²) in [7, 11) is 0. The molecule has 0 bridgehead atoms. The molecule has 0 aliphatic heterocycles. The van der Waals surface area contributed by atoms with Crippen LogP contribution >= 0.6 is 11.6 Å². The van der Waals surface area contributed by atoms with Crippen LogP contribution in [0.4, 0.5) is 0 Å². The quantitative estimate of drug-likeness (QED) is 0.894. The number of hydrogen-bond donors (Lipinski definition) is 1. The second-order valence-corrected chi connectivity index (χ2v) is 5.67. The lowest BCUT2D eigenvalue weighted by molar-refractivity contribution is -0.139. The number of halogens is 1. The Kier molecular flexibility index (Phi) is 4.83. The molecule has 1 N–H and O–H groups in total. The summed E-state index contributed by atoms with van der Waals surface area (Å²) in [5, 5.41) is 9.83. The molecule has 0 heterocycles. The first-order chi connectivity index (χ1) is 9.08. The zero-order valence-corrected chi connectivity index (χ0v) is 11.9. The van der Waals surface area contributed by atoms with Crippen molar-refractivity contribution in [1.82, 2.24) is 4.90 Å². The molecule has 104 valence electrons. The molecule has 3 nitrogen and oxygen atoms in total. The average molecular weight is 282 g/mol. The Hall–Kier alpha value is -1.06. The van der Waals surface area contributed by atoms with Gasteiger partial charge in [-0.15, -0.1) is 0 Å². The Morgan fingerprint density at radius 1 is 1.47 bits per heavy atom. The first-order valence-electron chi connectivity index (χ1n) is 6.81. The number of carbonyl (C=O) groups is 1. The predicted molar refractivity (Wildman–Crippen MR) is 76.5 cm³/mol. The lowest BCUT2D eigenvalue weighted by Gasteiger charge is -2.33. The van der Waals surface area contributed by atoms with Crippen LogP contribution in [-0.2, 0) is 4.79 Å². The Labute approximate surface area is 119 Å². The van der Waals surface area contributed by atoms with Crippen LogP contribution in [0.15, 0.2) is 24.3 Å². The number of aliphatic carboxylic acids is 1. The standard InChI is InChI=1S/C15H20ClNO2/c1-11(12-5-4-6-13(16)9-12)17(10-15(18)19)14-7-2-3-8-14/h4-6,9,11,14H,2-3,7-8,10H2,1H3,(H,18,19). The molecule has 1 aromatic carbocycles. The van der Waals surface area contributed by atoms with Crippen molar-refractivity contribution in [2.24, 2.45) is 0 Å². The summed E-state index contributed by atoms with van der Waals surface area (Å²) >= 11 is 6.02. The zero-order chi connectivity index (χ0) is 13.8. The molecular formula is C15H20ClNO2. The van der Waals surface area contributed by atoms with Gasteiger partial charge in [0.15, 0.2) is 0 Å². The van der Waals surface area contributed by atoms with Gasteiger partial charge in [0.05, 0.1) is 6.54 Å². The molecule has 1 saturated carbocycles. The van der Waals surface area contributed by atoms with E-state index >= 15 is 0 Å². The summed E-state index contributed by atoms with van der Waals surface area (Å²) < 4.78 is 0. The van der Waals surface area contributed by atoms with E-state index in [1.807, 2.05) is 24.3 Å². The van der Waals surface area contributed by atoms with Crippen molar-refractivity contribution in [1.29, 1.82) is 0 Å². The highest BCUT2D eigenvalue weighted by atomic mass is 35.5. The second kappa shape index (κ2) is 6.40. The molecule has 1 aliphatic rings. The highest BCUT2D eigenvalue weighted by molar-refractivity contribution is 6.30. The van der Waals surface area contributed by atoms with E-state index in [1.165, 1.54) is 12.8 Å². The third-order valence-corrected chi connectivity index (χ3v) is 4.18. The van der Waals surface area contributed by atoms with E-state index in [1.54, 1.807) is 0 Å². The van der Waals surface area contributed by atoms with Gasteiger partial charge in [-0.1, -0.05) is 36.6 Å². The number of nitrogens with zero attached hydrogens (tertiary/aromatic N) is 1. The van der Waals surface area contributed by atoms with E-state index in [0.717, 1.165) is 18.4 Å². The first-order valence-corrected chi connectivity index (χ1v) is 7.18. The van der Waals surface area contributed by atoms with Crippen LogP contribution in [0.5, 0.6) is 0 Å². The minimum absolute atomic E-state index is 0.0814. The third-order valence-electron chi connectivity index (χ3n) is 3.94. The molecule has 0 saturated heterocycles. The van der Waals surface area contributed by atoms with Gasteiger partial charge in [0.1, 0.15) is 0 Å². The van der Waals surface area contributed by atoms with Crippen LogP contribution in [0.2, 0.25) is 5.02 Å². The number of carboxylic acids is 1. The molecule has 0 radical (unpaired) electrons. The van der Waals surface area contributed by atoms with Gasteiger partial charge < -0.3 is 5.11 Å². The summed E-state index contributed by atoms with van der Waals surface area (Å²) in [6.45, 7) is 2.16. The van der Waals surface area contributed by atoms with Crippen LogP contribution in [0.3, 0.4) is 0 Å². The third kappa shape index (κ3) is 3.71. The van der Waals surface area contributed by atoms with Gasteiger partial charge >= 0.3 is 5.97 Å². The smallest absolute Gasteiger partial charge is 0.317 e. The predicted octanol–water partition coefficient (Wildman–Crippen LogP) is 3.73. The van der Waals surface area contributed by atoms with Crippen LogP contribution in [0, 0.1) is 0 Å². The first kappa shape index (κ1) is 14.4. The minimum atomic E-state index is -0.763. The Morgan fingerprint density at radius 2 is 2.16 bits per heavy atom. The average Bonchev–Trinajstić information content (AvgIpc) is 2.88. The molecular weight excluding hydrogens is 262 g/mol. The molecule has 1 aliphatic carbocycles. The van der Waals surface area contributed by atoms with Crippen molar-refractivity contribution in [3.8, 4) is 0 Å². The Morgan fingerprint density at radius 3 is 2.74 bits per heavy atom. The maximum atomic E-state index is 11.1. The number of hydrogen-bond acceptors (Lipinski definition) is 2. The van der Waals surface area contributed by atoms with E-state index in [-0.39, 0.29) is 12.6 Å². The summed E-state index contributed by atoms with van der Waals surface area (Å²) in [5.74, 6) is -0.763. The van der Waals surface area contributed by atoms with Crippen molar-refractivity contribution in [3.63, 3.8) is 0 Å². The van der Waals surface area contributed by atoms with Gasteiger partial charge in [-0.25, -0.2) is 0 Å². The van der Waals surface area contributed by atoms with E-state index in [2.05, 4.69) is 11.8 Å². The van der Waals surface area contributed by atoms with Gasteiger partial charge in [0, 0.05) is 17.1 Å². The van der Waals surface area contributed by atoms with Gasteiger partial charge in [0.2, 0.25) is 0 Å². The number of carboxylic acid groups (broad SMARTS) is 1. The molecule has 19 heavy (non-hydrogen) atoms. The molecule has 0 aromatic heterocycles. The normalized spacial score (nSPS) is 17.8. The lowest BCUT2D eigenvalue weighted by atomic mass is 10.0. The van der Waals surface area contributed by atoms with Crippen LogP contribution < -0.4 is 0 Å². The van der Waals surface area contributed by atoms with E-state index < -0.39 is 5.97 Å². The second-order valence-electron chi connectivity index (χ2n) is 5.24. The van der Waals surface area contributed by atoms with E-state index in [9.17, 15) is 4.79 Å². The number of benzene rings is 1. The van der Waals surface area contributed by atoms with Gasteiger partial charge in [-0.05, 0) is 37.5 Å². The summed E-state index contributed by atoms with van der Waals surface area (Å²) in [6, 6.07) is 8.16. The summed E-state index contributed by atoms with van der Waals surface area (Å²) in [5.41, 5.74) is 1.08. The Balaban J connectivity index is 2.18. The number of rotatable bonds is 5. The molecule has 1 unspecified atom stereocenters. The topological polar surface area (TPSA) is 40.5 Å². The SMILES string of the molecule is CC(c1cccc(Cl)c1)N(CC(=O)O)C1CCCC1. The van der Waals surface area contributed by atoms with Crippen LogP contribution in [-0.4, -0.2) is 28.6 Å². The summed E-state index contributed by atoms with van der Waals surface area (Å²) in [6.07, 6.45) is 4.59. The fourth-order valence-corrected chi connectivity index (χ4v) is 3.13. The monoisotopic (exact) mass is 281 g/mol. The van der Waals surface area contributed by atoms with Crippen molar-refractivity contribution < 1.29 is 9.90 Å². The van der Waals surface area contributed by atoms with Gasteiger partial charge in [0.25, 0.3) is 0 Å². The molecule has 0 spiro atoms. The molecule has 0 amide bonds. The lowest BCUT2D eigenvalue weighted by Crippen LogP contribution is -2.39. The van der Waals surface area contributed by atoms with Crippen molar-refractivity contribution >= 4 is 17.6 Å². The van der Waals surface area contributed by atoms with Gasteiger partial charge in [-0.2, -0.15) is 0 Å². The van der Waals surface area contributed by atoms with E-state index in [4.69, 9.17) is 16.7 Å². The molecule has 1 aromatic rings. The van der Waals surface area contributed by atoms with Crippen molar-refractivity contribution in [2.75, 3.05) is 6.54 Å². The fraction of sp³-hybridized carbons (Fsp3) is 0.533. The van der Waals surface area contributed by atoms with Crippen molar-refractivity contribution in [3.05, 3.63) is 34.9 Å². The van der Waals surface area contributed by atoms with E-state index in [0.29, 0.717) is 11.1 Å². The largest absolute Gasteiger partial charge is 0.480 e. The summed E-state index contributed by atoms with van der Waals surface area (Å²) in [4.78, 5) is 13.2. The molecule has 4 heteroatoms. The molecule has 1 fully saturated rings. The maximum absolute atomic E-state index is 11.1.